The summed E-state index contributed by atoms with van der Waals surface area (Å²) in [7, 11) is 0. The number of non-ortho nitro benzene ring substituents is 1. The summed E-state index contributed by atoms with van der Waals surface area (Å²) in [5, 5.41) is 13.1. The molecule has 0 aliphatic rings. The van der Waals surface area contributed by atoms with Crippen LogP contribution in [0.1, 0.15) is 15.9 Å². The molecule has 102 valence electrons. The van der Waals surface area contributed by atoms with Crippen LogP contribution in [0.25, 0.3) is 0 Å². The SMILES string of the molecule is Cc1cc([N+](=O)[O-])cc(C(=O)Nc2ccccn2)c1F. The van der Waals surface area contributed by atoms with Gasteiger partial charge in [-0.15, -0.1) is 0 Å². The highest BCUT2D eigenvalue weighted by Gasteiger charge is 2.19. The first kappa shape index (κ1) is 13.6. The van der Waals surface area contributed by atoms with Gasteiger partial charge in [-0.05, 0) is 24.6 Å². The third-order valence-corrected chi connectivity index (χ3v) is 2.60. The number of nitro benzene ring substituents is 1. The number of carbonyl (C=O) groups excluding carboxylic acids is 1. The molecule has 0 aliphatic carbocycles. The van der Waals surface area contributed by atoms with Crippen LogP contribution >= 0.6 is 0 Å². The molecule has 0 unspecified atom stereocenters. The molecule has 2 aromatic rings. The lowest BCUT2D eigenvalue weighted by Crippen LogP contribution is -2.15. The van der Waals surface area contributed by atoms with Crippen molar-refractivity contribution < 1.29 is 14.1 Å². The smallest absolute Gasteiger partial charge is 0.270 e. The predicted molar refractivity (Wildman–Crippen MR) is 70.0 cm³/mol. The van der Waals surface area contributed by atoms with Gasteiger partial charge in [0.2, 0.25) is 0 Å². The molecular formula is C13H10FN3O3. The van der Waals surface area contributed by atoms with Crippen LogP contribution in [0.15, 0.2) is 36.5 Å². The van der Waals surface area contributed by atoms with Crippen LogP contribution in [0, 0.1) is 22.9 Å². The molecule has 0 bridgehead atoms. The number of benzene rings is 1. The van der Waals surface area contributed by atoms with Crippen LogP contribution in [0.5, 0.6) is 0 Å². The van der Waals surface area contributed by atoms with Gasteiger partial charge in [0, 0.05) is 18.3 Å². The Kier molecular flexibility index (Phi) is 3.69. The van der Waals surface area contributed by atoms with Gasteiger partial charge in [0.15, 0.2) is 0 Å². The van der Waals surface area contributed by atoms with E-state index in [4.69, 9.17) is 0 Å². The molecule has 1 heterocycles. The number of anilines is 1. The Morgan fingerprint density at radius 2 is 2.15 bits per heavy atom. The summed E-state index contributed by atoms with van der Waals surface area (Å²) in [6.45, 7) is 1.36. The molecular weight excluding hydrogens is 265 g/mol. The van der Waals surface area contributed by atoms with Crippen LogP contribution in [0.4, 0.5) is 15.9 Å². The highest BCUT2D eigenvalue weighted by atomic mass is 19.1. The van der Waals surface area contributed by atoms with Crippen molar-refractivity contribution >= 4 is 17.4 Å². The van der Waals surface area contributed by atoms with E-state index < -0.39 is 16.6 Å². The molecule has 0 radical (unpaired) electrons. The second-order valence-electron chi connectivity index (χ2n) is 4.05. The van der Waals surface area contributed by atoms with Crippen LogP contribution in [0.3, 0.4) is 0 Å². The molecule has 1 N–H and O–H groups in total. The molecule has 0 spiro atoms. The van der Waals surface area contributed by atoms with E-state index in [1.165, 1.54) is 19.2 Å². The van der Waals surface area contributed by atoms with Gasteiger partial charge in [0.25, 0.3) is 11.6 Å². The molecule has 1 amide bonds. The number of pyridine rings is 1. The third kappa shape index (κ3) is 2.77. The average Bonchev–Trinajstić information content (AvgIpc) is 2.42. The van der Waals surface area contributed by atoms with Gasteiger partial charge in [-0.25, -0.2) is 9.37 Å². The molecule has 0 saturated heterocycles. The number of aromatic nitrogens is 1. The van der Waals surface area contributed by atoms with E-state index in [0.717, 1.165) is 12.1 Å². The Morgan fingerprint density at radius 1 is 1.40 bits per heavy atom. The van der Waals surface area contributed by atoms with E-state index >= 15 is 0 Å². The minimum atomic E-state index is -0.788. The van der Waals surface area contributed by atoms with Gasteiger partial charge < -0.3 is 5.32 Å². The van der Waals surface area contributed by atoms with E-state index in [1.807, 2.05) is 0 Å². The van der Waals surface area contributed by atoms with Crippen molar-refractivity contribution in [3.05, 3.63) is 63.6 Å². The predicted octanol–water partition coefficient (Wildman–Crippen LogP) is 2.69. The molecule has 0 atom stereocenters. The Bertz CT molecular complexity index is 674. The maximum absolute atomic E-state index is 13.9. The lowest BCUT2D eigenvalue weighted by atomic mass is 10.1. The quantitative estimate of drug-likeness (QED) is 0.689. The summed E-state index contributed by atoms with van der Waals surface area (Å²) >= 11 is 0. The van der Waals surface area contributed by atoms with Crippen molar-refractivity contribution in [3.63, 3.8) is 0 Å². The third-order valence-electron chi connectivity index (χ3n) is 2.60. The Balaban J connectivity index is 2.36. The lowest BCUT2D eigenvalue weighted by molar-refractivity contribution is -0.385. The van der Waals surface area contributed by atoms with E-state index in [1.54, 1.807) is 12.1 Å². The summed E-state index contributed by atoms with van der Waals surface area (Å²) in [4.78, 5) is 25.9. The van der Waals surface area contributed by atoms with Gasteiger partial charge in [-0.3, -0.25) is 14.9 Å². The minimum Gasteiger partial charge on any atom is -0.306 e. The van der Waals surface area contributed by atoms with Crippen molar-refractivity contribution in [2.75, 3.05) is 5.32 Å². The molecule has 6 nitrogen and oxygen atoms in total. The Labute approximate surface area is 113 Å². The fourth-order valence-electron chi connectivity index (χ4n) is 1.64. The molecule has 0 fully saturated rings. The fraction of sp³-hybridized carbons (Fsp3) is 0.0769. The van der Waals surface area contributed by atoms with Crippen molar-refractivity contribution in [2.24, 2.45) is 0 Å². The molecule has 0 aliphatic heterocycles. The first-order valence-corrected chi connectivity index (χ1v) is 5.66. The highest BCUT2D eigenvalue weighted by molar-refractivity contribution is 6.04. The summed E-state index contributed by atoms with van der Waals surface area (Å²) < 4.78 is 13.9. The zero-order valence-corrected chi connectivity index (χ0v) is 10.5. The second kappa shape index (κ2) is 5.43. The number of carbonyl (C=O) groups is 1. The fourth-order valence-corrected chi connectivity index (χ4v) is 1.64. The number of rotatable bonds is 3. The van der Waals surface area contributed by atoms with Crippen molar-refractivity contribution in [3.8, 4) is 0 Å². The van der Waals surface area contributed by atoms with E-state index in [0.29, 0.717) is 0 Å². The zero-order chi connectivity index (χ0) is 14.7. The van der Waals surface area contributed by atoms with E-state index in [-0.39, 0.29) is 22.6 Å². The van der Waals surface area contributed by atoms with Gasteiger partial charge in [0.1, 0.15) is 11.6 Å². The van der Waals surface area contributed by atoms with Crippen LogP contribution in [0.2, 0.25) is 0 Å². The first-order chi connectivity index (χ1) is 9.49. The van der Waals surface area contributed by atoms with Gasteiger partial charge in [-0.1, -0.05) is 6.07 Å². The molecule has 1 aromatic carbocycles. The van der Waals surface area contributed by atoms with E-state index in [9.17, 15) is 19.3 Å². The second-order valence-corrected chi connectivity index (χ2v) is 4.05. The van der Waals surface area contributed by atoms with Crippen molar-refractivity contribution in [2.45, 2.75) is 6.92 Å². The maximum Gasteiger partial charge on any atom is 0.270 e. The highest BCUT2D eigenvalue weighted by Crippen LogP contribution is 2.21. The summed E-state index contributed by atoms with van der Waals surface area (Å²) in [6, 6.07) is 6.82. The number of nitro groups is 1. The van der Waals surface area contributed by atoms with Gasteiger partial charge >= 0.3 is 0 Å². The van der Waals surface area contributed by atoms with Crippen LogP contribution in [-0.2, 0) is 0 Å². The summed E-state index contributed by atoms with van der Waals surface area (Å²) in [5.41, 5.74) is -0.692. The van der Waals surface area contributed by atoms with E-state index in [2.05, 4.69) is 10.3 Å². The molecule has 1 aromatic heterocycles. The molecule has 2 rings (SSSR count). The number of aryl methyl sites for hydroxylation is 1. The number of hydrogen-bond acceptors (Lipinski definition) is 4. The maximum atomic E-state index is 13.9. The number of halogens is 1. The number of nitrogens with zero attached hydrogens (tertiary/aromatic N) is 2. The summed E-state index contributed by atoms with van der Waals surface area (Å²) in [5.74, 6) is -1.34. The minimum absolute atomic E-state index is 0.0328. The number of amides is 1. The zero-order valence-electron chi connectivity index (χ0n) is 10.5. The van der Waals surface area contributed by atoms with Crippen molar-refractivity contribution in [1.82, 2.24) is 4.98 Å². The largest absolute Gasteiger partial charge is 0.306 e. The first-order valence-electron chi connectivity index (χ1n) is 5.66. The number of hydrogen-bond donors (Lipinski definition) is 1. The van der Waals surface area contributed by atoms with Gasteiger partial charge in [0.05, 0.1) is 10.5 Å². The Morgan fingerprint density at radius 3 is 2.75 bits per heavy atom. The Hall–Kier alpha value is -2.83. The molecule has 20 heavy (non-hydrogen) atoms. The van der Waals surface area contributed by atoms with Crippen molar-refractivity contribution in [1.29, 1.82) is 0 Å². The topological polar surface area (TPSA) is 85.1 Å². The lowest BCUT2D eigenvalue weighted by Gasteiger charge is -2.07. The van der Waals surface area contributed by atoms with Crippen LogP contribution in [-0.4, -0.2) is 15.8 Å². The standard InChI is InChI=1S/C13H10FN3O3/c1-8-6-9(17(19)20)7-10(12(8)14)13(18)16-11-4-2-3-5-15-11/h2-7H,1H3,(H,15,16,18). The monoisotopic (exact) mass is 275 g/mol. The number of nitrogens with one attached hydrogen (secondary N) is 1. The molecule has 7 heteroatoms. The summed E-state index contributed by atoms with van der Waals surface area (Å²) in [6.07, 6.45) is 1.46. The molecule has 0 saturated carbocycles. The van der Waals surface area contributed by atoms with Crippen LogP contribution < -0.4 is 5.32 Å². The normalized spacial score (nSPS) is 10.1. The average molecular weight is 275 g/mol. The van der Waals surface area contributed by atoms with Gasteiger partial charge in [-0.2, -0.15) is 0 Å².